The smallest absolute Gasteiger partial charge is 0.264 e. The second-order valence-corrected chi connectivity index (χ2v) is 9.03. The highest BCUT2D eigenvalue weighted by Crippen LogP contribution is 2.32. The zero-order valence-electron chi connectivity index (χ0n) is 17.4. The lowest BCUT2D eigenvalue weighted by molar-refractivity contribution is 0.0702. The number of thiophene rings is 1. The van der Waals surface area contributed by atoms with Crippen LogP contribution >= 0.6 is 11.3 Å². The lowest BCUT2D eigenvalue weighted by Crippen LogP contribution is -2.39. The molecular weight excluding hydrogens is 431 g/mol. The maximum Gasteiger partial charge on any atom is 0.264 e. The Morgan fingerprint density at radius 3 is 2.91 bits per heavy atom. The van der Waals surface area contributed by atoms with Crippen molar-refractivity contribution in [3.8, 4) is 0 Å². The number of benzene rings is 1. The number of nitrogens with zero attached hydrogens (tertiary/aromatic N) is 3. The van der Waals surface area contributed by atoms with Gasteiger partial charge < -0.3 is 14.3 Å². The second-order valence-electron chi connectivity index (χ2n) is 8.03. The van der Waals surface area contributed by atoms with E-state index in [-0.39, 0.29) is 23.2 Å². The number of oxazole rings is 1. The third-order valence-electron chi connectivity index (χ3n) is 5.85. The number of H-pyrrole nitrogens is 1. The van der Waals surface area contributed by atoms with E-state index in [0.29, 0.717) is 51.8 Å². The van der Waals surface area contributed by atoms with Gasteiger partial charge in [0.15, 0.2) is 5.89 Å². The molecule has 1 aliphatic heterocycles. The van der Waals surface area contributed by atoms with Crippen molar-refractivity contribution >= 4 is 27.5 Å². The molecule has 1 aliphatic rings. The van der Waals surface area contributed by atoms with Crippen molar-refractivity contribution < 1.29 is 13.6 Å². The number of halogens is 1. The number of fused-ring (bicyclic) bond motifs is 1. The predicted molar refractivity (Wildman–Crippen MR) is 119 cm³/mol. The number of aromatic amines is 1. The molecule has 1 fully saturated rings. The molecule has 0 aliphatic carbocycles. The van der Waals surface area contributed by atoms with E-state index in [2.05, 4.69) is 15.0 Å². The fraction of sp³-hybridized carbons (Fsp3) is 0.304. The average Bonchev–Trinajstić information content (AvgIpc) is 3.40. The van der Waals surface area contributed by atoms with Crippen LogP contribution in [0.3, 0.4) is 0 Å². The van der Waals surface area contributed by atoms with Gasteiger partial charge in [-0.15, -0.1) is 11.3 Å². The van der Waals surface area contributed by atoms with Crippen molar-refractivity contribution in [1.29, 1.82) is 0 Å². The van der Waals surface area contributed by atoms with E-state index in [1.165, 1.54) is 29.8 Å². The van der Waals surface area contributed by atoms with Crippen LogP contribution in [0.4, 0.5) is 4.39 Å². The monoisotopic (exact) mass is 452 g/mol. The number of amides is 1. The van der Waals surface area contributed by atoms with E-state index in [1.807, 2.05) is 4.90 Å². The molecule has 0 spiro atoms. The standard InChI is InChI=1S/C23H21FN4O3S/c1-13-18-20(29)26-12-27-22(18)32-19(13)23(30)28-8-2-3-15(11-28)21-25-10-17(31-21)9-14-4-6-16(24)7-5-14/h4-7,10,12,15H,2-3,8-9,11H2,1H3,(H,26,27,29). The van der Waals surface area contributed by atoms with Gasteiger partial charge in [-0.05, 0) is 43.0 Å². The number of aromatic nitrogens is 3. The molecule has 1 aromatic carbocycles. The molecule has 164 valence electrons. The highest BCUT2D eigenvalue weighted by Gasteiger charge is 2.30. The van der Waals surface area contributed by atoms with Crippen molar-refractivity contribution in [3.63, 3.8) is 0 Å². The van der Waals surface area contributed by atoms with Crippen molar-refractivity contribution in [2.45, 2.75) is 32.1 Å². The van der Waals surface area contributed by atoms with Crippen molar-refractivity contribution in [2.75, 3.05) is 13.1 Å². The predicted octanol–water partition coefficient (Wildman–Crippen LogP) is 4.03. The lowest BCUT2D eigenvalue weighted by atomic mass is 9.97. The molecule has 0 bridgehead atoms. The Morgan fingerprint density at radius 2 is 2.12 bits per heavy atom. The molecule has 1 amide bonds. The number of rotatable bonds is 4. The molecule has 0 saturated carbocycles. The maximum atomic E-state index is 13.3. The lowest BCUT2D eigenvalue weighted by Gasteiger charge is -2.31. The largest absolute Gasteiger partial charge is 0.445 e. The number of likely N-dealkylation sites (tertiary alicyclic amines) is 1. The topological polar surface area (TPSA) is 92.1 Å². The SMILES string of the molecule is Cc1c(C(=O)N2CCCC(c3ncc(Cc4ccc(F)cc4)o3)C2)sc2nc[nH]c(=O)c12. The summed E-state index contributed by atoms with van der Waals surface area (Å²) in [5, 5.41) is 0.479. The average molecular weight is 453 g/mol. The molecule has 4 aromatic rings. The Bertz CT molecular complexity index is 1340. The minimum Gasteiger partial charge on any atom is -0.445 e. The van der Waals surface area contributed by atoms with Crippen molar-refractivity contribution in [2.24, 2.45) is 0 Å². The summed E-state index contributed by atoms with van der Waals surface area (Å²) < 4.78 is 19.1. The van der Waals surface area contributed by atoms with Gasteiger partial charge in [0.25, 0.3) is 11.5 Å². The molecule has 1 atom stereocenters. The third-order valence-corrected chi connectivity index (χ3v) is 7.04. The van der Waals surface area contributed by atoms with E-state index < -0.39 is 0 Å². The van der Waals surface area contributed by atoms with Gasteiger partial charge in [0, 0.05) is 19.5 Å². The van der Waals surface area contributed by atoms with E-state index in [9.17, 15) is 14.0 Å². The number of aryl methyl sites for hydroxylation is 1. The number of carbonyl (C=O) groups is 1. The zero-order valence-corrected chi connectivity index (χ0v) is 18.2. The van der Waals surface area contributed by atoms with Crippen LogP contribution in [0.15, 0.2) is 46.0 Å². The van der Waals surface area contributed by atoms with E-state index in [4.69, 9.17) is 4.42 Å². The summed E-state index contributed by atoms with van der Waals surface area (Å²) in [5.74, 6) is 0.971. The first-order chi connectivity index (χ1) is 15.5. The van der Waals surface area contributed by atoms with Crippen LogP contribution in [0.1, 0.15) is 51.2 Å². The summed E-state index contributed by atoms with van der Waals surface area (Å²) >= 11 is 1.26. The molecule has 0 radical (unpaired) electrons. The Hall–Kier alpha value is -3.33. The van der Waals surface area contributed by atoms with E-state index >= 15 is 0 Å². The zero-order chi connectivity index (χ0) is 22.2. The molecule has 32 heavy (non-hydrogen) atoms. The van der Waals surface area contributed by atoms with Gasteiger partial charge >= 0.3 is 0 Å². The highest BCUT2D eigenvalue weighted by atomic mass is 32.1. The Labute approximate surface area is 186 Å². The summed E-state index contributed by atoms with van der Waals surface area (Å²) in [5.41, 5.74) is 1.38. The quantitative estimate of drug-likeness (QED) is 0.505. The van der Waals surface area contributed by atoms with Crippen LogP contribution in [-0.4, -0.2) is 38.8 Å². The summed E-state index contributed by atoms with van der Waals surface area (Å²) in [6.45, 7) is 2.95. The summed E-state index contributed by atoms with van der Waals surface area (Å²) in [6.07, 6.45) is 5.32. The fourth-order valence-corrected chi connectivity index (χ4v) is 5.30. The van der Waals surface area contributed by atoms with Crippen molar-refractivity contribution in [3.05, 3.63) is 80.6 Å². The van der Waals surface area contributed by atoms with Gasteiger partial charge in [0.05, 0.1) is 28.7 Å². The van der Waals surface area contributed by atoms with Gasteiger partial charge in [0.2, 0.25) is 0 Å². The number of hydrogen-bond acceptors (Lipinski definition) is 6. The van der Waals surface area contributed by atoms with Crippen LogP contribution in [0.25, 0.3) is 10.2 Å². The number of hydrogen-bond donors (Lipinski definition) is 1. The molecule has 1 unspecified atom stereocenters. The maximum absolute atomic E-state index is 13.3. The van der Waals surface area contributed by atoms with Crippen LogP contribution in [0.5, 0.6) is 0 Å². The van der Waals surface area contributed by atoms with E-state index in [0.717, 1.165) is 18.4 Å². The van der Waals surface area contributed by atoms with Gasteiger partial charge in [-0.2, -0.15) is 0 Å². The molecule has 9 heteroatoms. The highest BCUT2D eigenvalue weighted by molar-refractivity contribution is 7.20. The van der Waals surface area contributed by atoms with Gasteiger partial charge in [-0.1, -0.05) is 12.1 Å². The number of carbonyl (C=O) groups excluding carboxylic acids is 1. The Balaban J connectivity index is 1.33. The second kappa shape index (κ2) is 8.31. The third kappa shape index (κ3) is 3.84. The van der Waals surface area contributed by atoms with Crippen LogP contribution in [0, 0.1) is 12.7 Å². The molecule has 3 aromatic heterocycles. The molecule has 5 rings (SSSR count). The number of nitrogens with one attached hydrogen (secondary N) is 1. The van der Waals surface area contributed by atoms with Crippen LogP contribution in [0.2, 0.25) is 0 Å². The first-order valence-corrected chi connectivity index (χ1v) is 11.3. The molecule has 1 N–H and O–H groups in total. The normalized spacial score (nSPS) is 16.6. The van der Waals surface area contributed by atoms with Crippen LogP contribution in [-0.2, 0) is 6.42 Å². The number of piperidine rings is 1. The van der Waals surface area contributed by atoms with E-state index in [1.54, 1.807) is 25.3 Å². The Morgan fingerprint density at radius 1 is 1.31 bits per heavy atom. The summed E-state index contributed by atoms with van der Waals surface area (Å²) in [6, 6.07) is 6.31. The molecule has 1 saturated heterocycles. The summed E-state index contributed by atoms with van der Waals surface area (Å²) in [4.78, 5) is 39.6. The minimum atomic E-state index is -0.270. The van der Waals surface area contributed by atoms with Crippen LogP contribution < -0.4 is 5.56 Å². The van der Waals surface area contributed by atoms with Gasteiger partial charge in [0.1, 0.15) is 16.4 Å². The summed E-state index contributed by atoms with van der Waals surface area (Å²) in [7, 11) is 0. The molecule has 7 nitrogen and oxygen atoms in total. The molecule has 4 heterocycles. The van der Waals surface area contributed by atoms with Crippen molar-refractivity contribution in [1.82, 2.24) is 19.9 Å². The minimum absolute atomic E-state index is 0.00544. The Kier molecular flexibility index (Phi) is 5.34. The first kappa shape index (κ1) is 20.6. The first-order valence-electron chi connectivity index (χ1n) is 10.4. The van der Waals surface area contributed by atoms with Gasteiger partial charge in [-0.25, -0.2) is 14.4 Å². The van der Waals surface area contributed by atoms with Gasteiger partial charge in [-0.3, -0.25) is 9.59 Å². The molecular formula is C23H21FN4O3S. The fourth-order valence-electron chi connectivity index (χ4n) is 4.19.